The largest absolute Gasteiger partial charge is 0.494 e. The molecule has 2 heterocycles. The first kappa shape index (κ1) is 39.1. The van der Waals surface area contributed by atoms with Gasteiger partial charge >= 0.3 is 0 Å². The van der Waals surface area contributed by atoms with E-state index >= 15 is 0 Å². The maximum absolute atomic E-state index is 13.9. The van der Waals surface area contributed by atoms with Crippen LogP contribution in [0.15, 0.2) is 24.3 Å². The lowest BCUT2D eigenvalue weighted by Crippen LogP contribution is -2.75. The fraction of sp³-hybridized carbons (Fsp3) is 0.763. The number of amides is 3. The summed E-state index contributed by atoms with van der Waals surface area (Å²) in [7, 11) is 0. The van der Waals surface area contributed by atoms with Crippen molar-refractivity contribution in [2.75, 3.05) is 72.3 Å². The fourth-order valence-corrected chi connectivity index (χ4v) is 7.56. The highest BCUT2D eigenvalue weighted by atomic mass is 16.5. The molecule has 1 aliphatic carbocycles. The van der Waals surface area contributed by atoms with E-state index in [9.17, 15) is 19.5 Å². The number of likely N-dealkylation sites (tertiary alicyclic amines) is 1. The number of piperidine rings is 1. The first-order valence-corrected chi connectivity index (χ1v) is 19.0. The van der Waals surface area contributed by atoms with Crippen LogP contribution in [-0.4, -0.2) is 128 Å². The summed E-state index contributed by atoms with van der Waals surface area (Å²) in [5.41, 5.74) is -0.216. The van der Waals surface area contributed by atoms with E-state index in [2.05, 4.69) is 17.1 Å². The molecular formula is C38H62N4O7. The van der Waals surface area contributed by atoms with E-state index in [1.54, 1.807) is 4.90 Å². The molecule has 3 fully saturated rings. The number of piperazine rings is 1. The number of benzene rings is 1. The number of aliphatic hydroxyl groups is 1. The molecule has 0 unspecified atom stereocenters. The van der Waals surface area contributed by atoms with E-state index in [-0.39, 0.29) is 23.6 Å². The minimum atomic E-state index is -0.834. The minimum Gasteiger partial charge on any atom is -0.494 e. The van der Waals surface area contributed by atoms with Gasteiger partial charge in [0.25, 0.3) is 5.91 Å². The van der Waals surface area contributed by atoms with Crippen LogP contribution in [0.25, 0.3) is 0 Å². The van der Waals surface area contributed by atoms with Crippen LogP contribution in [0.2, 0.25) is 0 Å². The third-order valence-corrected chi connectivity index (χ3v) is 10.6. The standard InChI is InChI=1S/C38H62N4O7/c1-4-7-22-42-36(45)33(34(43)30-13-9-8-10-14-30)39-37(46)38(42)19-23-40(24-20-38)21-11-12-27-49-32-17-15-31(16-18-32)35(44)41(25-28-47-5-2)26-29-48-6-3/h15-18,30,33-34,43H,4-14,19-29H2,1-3H3,(H,39,46)/t33-,34-/m1/s1. The molecule has 11 nitrogen and oxygen atoms in total. The van der Waals surface area contributed by atoms with Crippen molar-refractivity contribution >= 4 is 17.7 Å². The molecule has 1 spiro atoms. The molecule has 2 N–H and O–H groups in total. The van der Waals surface area contributed by atoms with Gasteiger partial charge in [-0.05, 0) is 95.5 Å². The van der Waals surface area contributed by atoms with Crippen LogP contribution in [-0.2, 0) is 19.1 Å². The van der Waals surface area contributed by atoms with Crippen molar-refractivity contribution in [2.45, 2.75) is 109 Å². The van der Waals surface area contributed by atoms with E-state index in [0.717, 1.165) is 76.8 Å². The number of carbonyl (C=O) groups excluding carboxylic acids is 3. The number of ether oxygens (including phenoxy) is 3. The predicted octanol–water partition coefficient (Wildman–Crippen LogP) is 4.26. The quantitative estimate of drug-likeness (QED) is 0.195. The predicted molar refractivity (Wildman–Crippen MR) is 190 cm³/mol. The summed E-state index contributed by atoms with van der Waals surface area (Å²) in [6, 6.07) is 6.48. The van der Waals surface area contributed by atoms with Gasteiger partial charge in [-0.2, -0.15) is 0 Å². The summed E-state index contributed by atoms with van der Waals surface area (Å²) >= 11 is 0. The number of rotatable bonds is 20. The first-order valence-electron chi connectivity index (χ1n) is 19.0. The molecule has 2 aliphatic heterocycles. The van der Waals surface area contributed by atoms with Crippen LogP contribution in [0.1, 0.15) is 102 Å². The van der Waals surface area contributed by atoms with Crippen molar-refractivity contribution in [3.05, 3.63) is 29.8 Å². The van der Waals surface area contributed by atoms with Crippen LogP contribution < -0.4 is 10.1 Å². The van der Waals surface area contributed by atoms with Gasteiger partial charge in [-0.25, -0.2) is 0 Å². The second-order valence-corrected chi connectivity index (χ2v) is 13.8. The SMILES string of the molecule is CCCCN1C(=O)[C@@H]([C@H](O)C2CCCCC2)NC(=O)C12CCN(CCCCOc1ccc(C(=O)N(CCOCC)CCOCC)cc1)CC2. The molecule has 0 bridgehead atoms. The number of hydrogen-bond donors (Lipinski definition) is 2. The lowest BCUT2D eigenvalue weighted by molar-refractivity contribution is -0.165. The van der Waals surface area contributed by atoms with E-state index in [1.807, 2.05) is 43.0 Å². The molecule has 2 saturated heterocycles. The van der Waals surface area contributed by atoms with Crippen molar-refractivity contribution in [2.24, 2.45) is 5.92 Å². The van der Waals surface area contributed by atoms with Gasteiger partial charge in [0.2, 0.25) is 11.8 Å². The molecule has 1 saturated carbocycles. The highest BCUT2D eigenvalue weighted by Gasteiger charge is 2.55. The van der Waals surface area contributed by atoms with Gasteiger partial charge in [-0.3, -0.25) is 14.4 Å². The van der Waals surface area contributed by atoms with E-state index in [4.69, 9.17) is 14.2 Å². The lowest BCUT2D eigenvalue weighted by atomic mass is 9.78. The smallest absolute Gasteiger partial charge is 0.254 e. The molecule has 4 rings (SSSR count). The monoisotopic (exact) mass is 686 g/mol. The van der Waals surface area contributed by atoms with Crippen LogP contribution in [0.4, 0.5) is 0 Å². The maximum atomic E-state index is 13.9. The summed E-state index contributed by atoms with van der Waals surface area (Å²) in [4.78, 5) is 46.7. The molecule has 3 aliphatic rings. The Bertz CT molecular complexity index is 1140. The molecular weight excluding hydrogens is 624 g/mol. The molecule has 2 atom stereocenters. The Kier molecular flexibility index (Phi) is 16.1. The van der Waals surface area contributed by atoms with Crippen molar-refractivity contribution in [1.29, 1.82) is 0 Å². The third-order valence-electron chi connectivity index (χ3n) is 10.6. The second-order valence-electron chi connectivity index (χ2n) is 13.8. The Labute approximate surface area is 294 Å². The third kappa shape index (κ3) is 10.6. The van der Waals surface area contributed by atoms with E-state index < -0.39 is 17.7 Å². The van der Waals surface area contributed by atoms with Crippen molar-refractivity contribution in [3.8, 4) is 5.75 Å². The normalized spacial score (nSPS) is 20.7. The molecule has 49 heavy (non-hydrogen) atoms. The summed E-state index contributed by atoms with van der Waals surface area (Å²) in [6.45, 7) is 12.8. The molecule has 11 heteroatoms. The molecule has 1 aromatic rings. The average Bonchev–Trinajstić information content (AvgIpc) is 3.13. The summed E-state index contributed by atoms with van der Waals surface area (Å²) in [5, 5.41) is 14.2. The van der Waals surface area contributed by atoms with Gasteiger partial charge in [0.1, 0.15) is 17.3 Å². The number of nitrogens with zero attached hydrogens (tertiary/aromatic N) is 3. The van der Waals surface area contributed by atoms with Crippen LogP contribution in [0.3, 0.4) is 0 Å². The highest BCUT2D eigenvalue weighted by Crippen LogP contribution is 2.36. The van der Waals surface area contributed by atoms with Gasteiger partial charge < -0.3 is 39.3 Å². The molecule has 3 amide bonds. The van der Waals surface area contributed by atoms with Crippen LogP contribution in [0.5, 0.6) is 5.75 Å². The summed E-state index contributed by atoms with van der Waals surface area (Å²) in [5.74, 6) is 0.568. The molecule has 0 radical (unpaired) electrons. The van der Waals surface area contributed by atoms with Gasteiger partial charge in [-0.1, -0.05) is 32.6 Å². The Morgan fingerprint density at radius 2 is 1.57 bits per heavy atom. The molecule has 276 valence electrons. The van der Waals surface area contributed by atoms with Gasteiger partial charge in [0, 0.05) is 51.5 Å². The maximum Gasteiger partial charge on any atom is 0.254 e. The fourth-order valence-electron chi connectivity index (χ4n) is 7.56. The van der Waals surface area contributed by atoms with E-state index in [0.29, 0.717) is 71.1 Å². The lowest BCUT2D eigenvalue weighted by Gasteiger charge is -2.52. The zero-order valence-corrected chi connectivity index (χ0v) is 30.3. The van der Waals surface area contributed by atoms with Gasteiger partial charge in [0.15, 0.2) is 0 Å². The van der Waals surface area contributed by atoms with Gasteiger partial charge in [-0.15, -0.1) is 0 Å². The Hall–Kier alpha value is -2.73. The second kappa shape index (κ2) is 20.2. The Morgan fingerprint density at radius 1 is 0.918 bits per heavy atom. The van der Waals surface area contributed by atoms with Crippen molar-refractivity contribution in [3.63, 3.8) is 0 Å². The van der Waals surface area contributed by atoms with Crippen LogP contribution >= 0.6 is 0 Å². The average molecular weight is 687 g/mol. The number of hydrogen-bond acceptors (Lipinski definition) is 8. The minimum absolute atomic E-state index is 0.0466. The number of carbonyl (C=O) groups is 3. The van der Waals surface area contributed by atoms with E-state index in [1.165, 1.54) is 6.42 Å². The van der Waals surface area contributed by atoms with Crippen molar-refractivity contribution < 1.29 is 33.7 Å². The molecule has 0 aromatic heterocycles. The Balaban J connectivity index is 1.21. The number of aliphatic hydroxyl groups excluding tert-OH is 1. The summed E-state index contributed by atoms with van der Waals surface area (Å²) < 4.78 is 16.9. The van der Waals surface area contributed by atoms with Gasteiger partial charge in [0.05, 0.1) is 25.9 Å². The summed E-state index contributed by atoms with van der Waals surface area (Å²) in [6.07, 6.45) is 9.17. The molecule has 1 aromatic carbocycles. The Morgan fingerprint density at radius 3 is 2.18 bits per heavy atom. The highest BCUT2D eigenvalue weighted by molar-refractivity contribution is 6.00. The zero-order chi connectivity index (χ0) is 35.1. The zero-order valence-electron chi connectivity index (χ0n) is 30.3. The van der Waals surface area contributed by atoms with Crippen LogP contribution in [0, 0.1) is 5.92 Å². The van der Waals surface area contributed by atoms with Crippen molar-refractivity contribution in [1.82, 2.24) is 20.0 Å². The number of unbranched alkanes of at least 4 members (excludes halogenated alkanes) is 2. The topological polar surface area (TPSA) is 121 Å². The first-order chi connectivity index (χ1) is 23.8. The number of nitrogens with one attached hydrogen (secondary N) is 1.